The van der Waals surface area contributed by atoms with Gasteiger partial charge in [-0.2, -0.15) is 4.98 Å². The van der Waals surface area contributed by atoms with E-state index in [0.29, 0.717) is 28.5 Å². The zero-order valence-electron chi connectivity index (χ0n) is 16.5. The minimum Gasteiger partial charge on any atom is -0.337 e. The molecule has 2 aromatic rings. The molecule has 2 aliphatic rings. The maximum atomic E-state index is 13.6. The number of halogens is 1. The molecule has 1 unspecified atom stereocenters. The van der Waals surface area contributed by atoms with Crippen molar-refractivity contribution in [2.75, 3.05) is 32.5 Å². The van der Waals surface area contributed by atoms with E-state index in [1.165, 1.54) is 23.8 Å². The number of nitrogens with zero attached hydrogens (tertiary/aromatic N) is 4. The van der Waals surface area contributed by atoms with Crippen LogP contribution in [0.5, 0.6) is 0 Å². The first-order valence-corrected chi connectivity index (χ1v) is 9.66. The molecule has 7 nitrogen and oxygen atoms in total. The monoisotopic (exact) mass is 387 g/mol. The van der Waals surface area contributed by atoms with Crippen molar-refractivity contribution in [1.82, 2.24) is 19.9 Å². The van der Waals surface area contributed by atoms with Gasteiger partial charge in [-0.25, -0.2) is 9.18 Å². The van der Waals surface area contributed by atoms with Gasteiger partial charge in [0.1, 0.15) is 12.4 Å². The lowest BCUT2D eigenvalue weighted by molar-refractivity contribution is 0.199. The van der Waals surface area contributed by atoms with Gasteiger partial charge in [-0.05, 0) is 69.4 Å². The number of carbonyl (C=O) groups is 1. The summed E-state index contributed by atoms with van der Waals surface area (Å²) in [5, 5.41) is 6.83. The number of hydrogen-bond acceptors (Lipinski definition) is 5. The van der Waals surface area contributed by atoms with Gasteiger partial charge in [-0.1, -0.05) is 11.2 Å². The third-order valence-electron chi connectivity index (χ3n) is 6.11. The van der Waals surface area contributed by atoms with E-state index in [0.717, 1.165) is 25.3 Å². The molecule has 4 rings (SSSR count). The number of piperidine rings is 1. The quantitative estimate of drug-likeness (QED) is 0.871. The third-order valence-corrected chi connectivity index (χ3v) is 6.11. The number of likely N-dealkylation sites (tertiary alicyclic amines) is 1. The van der Waals surface area contributed by atoms with E-state index in [2.05, 4.69) is 27.4 Å². The number of benzene rings is 1. The van der Waals surface area contributed by atoms with Crippen molar-refractivity contribution in [1.29, 1.82) is 0 Å². The van der Waals surface area contributed by atoms with Gasteiger partial charge in [0.2, 0.25) is 5.89 Å². The van der Waals surface area contributed by atoms with Crippen LogP contribution < -0.4 is 5.32 Å². The summed E-state index contributed by atoms with van der Waals surface area (Å²) < 4.78 is 19.0. The number of amides is 2. The van der Waals surface area contributed by atoms with Crippen LogP contribution in [0, 0.1) is 18.2 Å². The molecule has 2 heterocycles. The Balaban J connectivity index is 1.33. The molecule has 28 heavy (non-hydrogen) atoms. The lowest BCUT2D eigenvalue weighted by Gasteiger charge is -2.29. The van der Waals surface area contributed by atoms with Crippen molar-refractivity contribution < 1.29 is 13.7 Å². The summed E-state index contributed by atoms with van der Waals surface area (Å²) in [7, 11) is 3.79. The van der Waals surface area contributed by atoms with Crippen molar-refractivity contribution in [2.45, 2.75) is 38.6 Å². The fraction of sp³-hybridized carbons (Fsp3) is 0.550. The van der Waals surface area contributed by atoms with E-state index in [1.807, 2.05) is 0 Å². The smallest absolute Gasteiger partial charge is 0.322 e. The molecule has 1 aliphatic carbocycles. The first-order chi connectivity index (χ1) is 13.4. The molecule has 1 saturated heterocycles. The van der Waals surface area contributed by atoms with Crippen LogP contribution in [0.4, 0.5) is 14.9 Å². The lowest BCUT2D eigenvalue weighted by Crippen LogP contribution is -2.31. The van der Waals surface area contributed by atoms with Crippen LogP contribution in [0.1, 0.15) is 42.5 Å². The van der Waals surface area contributed by atoms with Crippen LogP contribution in [0.2, 0.25) is 0 Å². The van der Waals surface area contributed by atoms with Crippen LogP contribution in [0.3, 0.4) is 0 Å². The van der Waals surface area contributed by atoms with Crippen LogP contribution in [-0.2, 0) is 6.54 Å². The summed E-state index contributed by atoms with van der Waals surface area (Å²) in [4.78, 5) is 20.7. The van der Waals surface area contributed by atoms with Gasteiger partial charge in [0.25, 0.3) is 0 Å². The molecule has 2 amide bonds. The Morgan fingerprint density at radius 3 is 2.89 bits per heavy atom. The Labute approximate surface area is 163 Å². The average Bonchev–Trinajstić information content (AvgIpc) is 3.17. The summed E-state index contributed by atoms with van der Waals surface area (Å²) in [6.07, 6.45) is 3.47. The highest BCUT2D eigenvalue weighted by molar-refractivity contribution is 5.89. The number of aromatic nitrogens is 2. The zero-order chi connectivity index (χ0) is 19.9. The van der Waals surface area contributed by atoms with Gasteiger partial charge in [0.15, 0.2) is 5.82 Å². The van der Waals surface area contributed by atoms with E-state index in [4.69, 9.17) is 4.52 Å². The summed E-state index contributed by atoms with van der Waals surface area (Å²) in [5.41, 5.74) is 1.28. The molecule has 8 heteroatoms. The molecule has 2 fully saturated rings. The number of nitrogens with one attached hydrogen (secondary N) is 1. The second-order valence-corrected chi connectivity index (χ2v) is 8.22. The number of hydrogen-bond donors (Lipinski definition) is 1. The average molecular weight is 387 g/mol. The van der Waals surface area contributed by atoms with E-state index < -0.39 is 0 Å². The molecular formula is C20H26FN5O2. The van der Waals surface area contributed by atoms with Crippen molar-refractivity contribution >= 4 is 11.7 Å². The lowest BCUT2D eigenvalue weighted by atomic mass is 9.91. The maximum absolute atomic E-state index is 13.6. The van der Waals surface area contributed by atoms with E-state index in [1.54, 1.807) is 26.1 Å². The second-order valence-electron chi connectivity index (χ2n) is 8.22. The molecule has 1 aliphatic heterocycles. The molecule has 0 bridgehead atoms. The summed E-state index contributed by atoms with van der Waals surface area (Å²) in [6, 6.07) is 4.24. The Hall–Kier alpha value is -2.48. The second kappa shape index (κ2) is 7.16. The van der Waals surface area contributed by atoms with Crippen molar-refractivity contribution in [2.24, 2.45) is 5.41 Å². The Morgan fingerprint density at radius 1 is 1.43 bits per heavy atom. The number of rotatable bonds is 4. The number of anilines is 1. The summed E-state index contributed by atoms with van der Waals surface area (Å²) in [6.45, 7) is 4.11. The number of aryl methyl sites for hydroxylation is 1. The minimum atomic E-state index is -0.360. The maximum Gasteiger partial charge on any atom is 0.322 e. The van der Waals surface area contributed by atoms with Gasteiger partial charge in [0.05, 0.1) is 0 Å². The third kappa shape index (κ3) is 3.73. The van der Waals surface area contributed by atoms with Crippen LogP contribution >= 0.6 is 0 Å². The molecule has 1 aromatic carbocycles. The fourth-order valence-corrected chi connectivity index (χ4v) is 3.97. The summed E-state index contributed by atoms with van der Waals surface area (Å²) in [5.74, 6) is 1.19. The molecule has 1 atom stereocenters. The van der Waals surface area contributed by atoms with E-state index in [9.17, 15) is 9.18 Å². The van der Waals surface area contributed by atoms with E-state index >= 15 is 0 Å². The first-order valence-electron chi connectivity index (χ1n) is 9.66. The van der Waals surface area contributed by atoms with Crippen molar-refractivity contribution in [3.05, 3.63) is 41.3 Å². The molecule has 1 saturated carbocycles. The Bertz CT molecular complexity index is 875. The molecular weight excluding hydrogens is 361 g/mol. The van der Waals surface area contributed by atoms with Gasteiger partial charge in [-0.15, -0.1) is 0 Å². The van der Waals surface area contributed by atoms with Crippen molar-refractivity contribution in [3.8, 4) is 0 Å². The number of urea groups is 1. The Morgan fingerprint density at radius 2 is 2.18 bits per heavy atom. The molecule has 0 radical (unpaired) electrons. The topological polar surface area (TPSA) is 74.5 Å². The Kier molecular flexibility index (Phi) is 4.82. The molecule has 1 N–H and O–H groups in total. The summed E-state index contributed by atoms with van der Waals surface area (Å²) >= 11 is 0. The minimum absolute atomic E-state index is 0.204. The largest absolute Gasteiger partial charge is 0.337 e. The van der Waals surface area contributed by atoms with Gasteiger partial charge in [-0.3, -0.25) is 0 Å². The molecule has 150 valence electrons. The first kappa shape index (κ1) is 18.9. The predicted octanol–water partition coefficient (Wildman–Crippen LogP) is 3.38. The van der Waals surface area contributed by atoms with Gasteiger partial charge < -0.3 is 19.6 Å². The zero-order valence-corrected chi connectivity index (χ0v) is 16.5. The molecule has 1 spiro atoms. The highest BCUT2D eigenvalue weighted by atomic mass is 19.1. The van der Waals surface area contributed by atoms with Crippen LogP contribution in [-0.4, -0.2) is 53.2 Å². The highest BCUT2D eigenvalue weighted by Gasteiger charge is 2.57. The van der Waals surface area contributed by atoms with Crippen molar-refractivity contribution in [3.63, 3.8) is 0 Å². The number of carbonyl (C=O) groups excluding carboxylic acids is 1. The van der Waals surface area contributed by atoms with Crippen LogP contribution in [0.15, 0.2) is 22.7 Å². The van der Waals surface area contributed by atoms with E-state index in [-0.39, 0.29) is 18.4 Å². The highest BCUT2D eigenvalue weighted by Crippen LogP contribution is 2.64. The SMILES string of the molecule is Cc1ccc(NC(=O)N(C)Cc2nc(C3CC34CCN(C)CC4)no2)cc1F. The van der Waals surface area contributed by atoms with Crippen LogP contribution in [0.25, 0.3) is 0 Å². The van der Waals surface area contributed by atoms with Gasteiger partial charge in [0, 0.05) is 18.7 Å². The normalized spacial score (nSPS) is 20.9. The van der Waals surface area contributed by atoms with Gasteiger partial charge >= 0.3 is 6.03 Å². The predicted molar refractivity (Wildman–Crippen MR) is 102 cm³/mol. The standard InChI is InChI=1S/C20H26FN5O2/c1-13-4-5-14(10-16(13)21)22-19(27)26(3)12-17-23-18(24-28-17)15-11-20(15)6-8-25(2)9-7-20/h4-5,10,15H,6-9,11-12H2,1-3H3,(H,22,27). The molecule has 1 aromatic heterocycles. The fourth-order valence-electron chi connectivity index (χ4n) is 3.97.